The average molecular weight is 253 g/mol. The van der Waals surface area contributed by atoms with E-state index in [1.54, 1.807) is 0 Å². The molecule has 0 aliphatic heterocycles. The molecule has 0 radical (unpaired) electrons. The molecule has 0 amide bonds. The lowest BCUT2D eigenvalue weighted by Gasteiger charge is -2.18. The molecule has 0 spiro atoms. The predicted octanol–water partition coefficient (Wildman–Crippen LogP) is 1.90. The molecule has 18 heavy (non-hydrogen) atoms. The van der Waals surface area contributed by atoms with Crippen LogP contribution >= 0.6 is 0 Å². The van der Waals surface area contributed by atoms with E-state index >= 15 is 0 Å². The maximum atomic E-state index is 10.8. The van der Waals surface area contributed by atoms with Gasteiger partial charge in [0.05, 0.1) is 17.1 Å². The first-order valence-corrected chi connectivity index (χ1v) is 5.92. The van der Waals surface area contributed by atoms with Gasteiger partial charge < -0.3 is 10.3 Å². The van der Waals surface area contributed by atoms with Gasteiger partial charge in [-0.05, 0) is 6.42 Å². The summed E-state index contributed by atoms with van der Waals surface area (Å²) in [6.07, 6.45) is 3.29. The van der Waals surface area contributed by atoms with Crippen molar-refractivity contribution in [2.45, 2.75) is 26.2 Å². The zero-order chi connectivity index (χ0) is 13.5. The van der Waals surface area contributed by atoms with Crippen molar-refractivity contribution in [3.8, 4) is 0 Å². The first-order valence-electron chi connectivity index (χ1n) is 5.92. The fourth-order valence-electron chi connectivity index (χ4n) is 1.59. The molecular formula is C11H19N5O2. The molecule has 0 aliphatic rings. The molecule has 0 bridgehead atoms. The Balaban J connectivity index is 2.86. The number of nitrogens with zero attached hydrogens (tertiary/aromatic N) is 3. The number of hydrogen-bond acceptors (Lipinski definition) is 6. The van der Waals surface area contributed by atoms with E-state index in [0.717, 1.165) is 25.8 Å². The van der Waals surface area contributed by atoms with Gasteiger partial charge in [0.15, 0.2) is 0 Å². The van der Waals surface area contributed by atoms with E-state index in [4.69, 9.17) is 5.84 Å². The monoisotopic (exact) mass is 253 g/mol. The summed E-state index contributed by atoms with van der Waals surface area (Å²) >= 11 is 0. The molecular weight excluding hydrogens is 234 g/mol. The molecule has 0 saturated heterocycles. The fraction of sp³-hybridized carbons (Fsp3) is 0.545. The van der Waals surface area contributed by atoms with E-state index in [-0.39, 0.29) is 5.69 Å². The van der Waals surface area contributed by atoms with Gasteiger partial charge in [-0.15, -0.1) is 0 Å². The predicted molar refractivity (Wildman–Crippen MR) is 71.5 cm³/mol. The van der Waals surface area contributed by atoms with Gasteiger partial charge in [-0.2, -0.15) is 0 Å². The van der Waals surface area contributed by atoms with Crippen LogP contribution in [-0.4, -0.2) is 23.5 Å². The van der Waals surface area contributed by atoms with Crippen molar-refractivity contribution in [2.24, 2.45) is 5.84 Å². The number of hydrogen-bond donors (Lipinski definition) is 2. The van der Waals surface area contributed by atoms with Gasteiger partial charge in [-0.1, -0.05) is 19.8 Å². The van der Waals surface area contributed by atoms with Crippen LogP contribution in [0.3, 0.4) is 0 Å². The maximum absolute atomic E-state index is 10.8. The molecule has 1 rings (SSSR count). The maximum Gasteiger partial charge on any atom is 0.276 e. The van der Waals surface area contributed by atoms with E-state index in [9.17, 15) is 10.1 Å². The Morgan fingerprint density at radius 1 is 1.50 bits per heavy atom. The summed E-state index contributed by atoms with van der Waals surface area (Å²) in [5.41, 5.74) is 2.32. The number of aromatic nitrogens is 1. The molecule has 1 aromatic heterocycles. The number of nitro groups is 1. The highest BCUT2D eigenvalue weighted by Crippen LogP contribution is 2.22. The smallest absolute Gasteiger partial charge is 0.276 e. The molecule has 0 aromatic carbocycles. The lowest BCUT2D eigenvalue weighted by Crippen LogP contribution is -2.21. The number of pyridine rings is 1. The minimum atomic E-state index is -0.452. The highest BCUT2D eigenvalue weighted by Gasteiger charge is 2.13. The van der Waals surface area contributed by atoms with Crippen molar-refractivity contribution in [1.29, 1.82) is 0 Å². The van der Waals surface area contributed by atoms with Crippen LogP contribution in [0.15, 0.2) is 12.1 Å². The lowest BCUT2D eigenvalue weighted by atomic mass is 10.2. The van der Waals surface area contributed by atoms with Gasteiger partial charge in [0.2, 0.25) is 0 Å². The zero-order valence-electron chi connectivity index (χ0n) is 10.7. The minimum absolute atomic E-state index is 0.0182. The van der Waals surface area contributed by atoms with Crippen molar-refractivity contribution in [3.63, 3.8) is 0 Å². The standard InChI is InChI=1S/C11H19N5O2/c1-3-4-5-6-15(2)11-8-9(16(17)18)7-10(13-11)14-12/h7-8H,3-6,12H2,1-2H3,(H,13,14). The molecule has 1 aromatic rings. The number of anilines is 2. The molecule has 0 unspecified atom stereocenters. The topological polar surface area (TPSA) is 97.3 Å². The Hall–Kier alpha value is -1.89. The Morgan fingerprint density at radius 2 is 2.22 bits per heavy atom. The van der Waals surface area contributed by atoms with Crippen LogP contribution in [0.1, 0.15) is 26.2 Å². The summed E-state index contributed by atoms with van der Waals surface area (Å²) in [5, 5.41) is 10.8. The highest BCUT2D eigenvalue weighted by molar-refractivity contribution is 5.55. The van der Waals surface area contributed by atoms with E-state index in [1.165, 1.54) is 12.1 Å². The van der Waals surface area contributed by atoms with Crippen LogP contribution in [0.5, 0.6) is 0 Å². The van der Waals surface area contributed by atoms with E-state index in [1.807, 2.05) is 11.9 Å². The number of nitrogen functional groups attached to an aromatic ring is 1. The third kappa shape index (κ3) is 3.85. The van der Waals surface area contributed by atoms with Crippen LogP contribution in [0.4, 0.5) is 17.3 Å². The molecule has 0 saturated carbocycles. The normalized spacial score (nSPS) is 10.2. The summed E-state index contributed by atoms with van der Waals surface area (Å²) < 4.78 is 0. The Bertz CT molecular complexity index is 410. The quantitative estimate of drug-likeness (QED) is 0.333. The summed E-state index contributed by atoms with van der Waals surface area (Å²) in [6, 6.07) is 2.76. The van der Waals surface area contributed by atoms with Crippen LogP contribution in [-0.2, 0) is 0 Å². The average Bonchev–Trinajstić information content (AvgIpc) is 2.38. The van der Waals surface area contributed by atoms with Gasteiger partial charge in [-0.25, -0.2) is 10.8 Å². The number of nitrogens with one attached hydrogen (secondary N) is 1. The van der Waals surface area contributed by atoms with Crippen molar-refractivity contribution in [1.82, 2.24) is 4.98 Å². The van der Waals surface area contributed by atoms with Crippen molar-refractivity contribution in [2.75, 3.05) is 23.9 Å². The SMILES string of the molecule is CCCCCN(C)c1cc([N+](=O)[O-])cc(NN)n1. The zero-order valence-corrected chi connectivity index (χ0v) is 10.7. The van der Waals surface area contributed by atoms with E-state index in [2.05, 4.69) is 17.3 Å². The molecule has 1 heterocycles. The second-order valence-corrected chi connectivity index (χ2v) is 4.10. The first kappa shape index (κ1) is 14.2. The van der Waals surface area contributed by atoms with Crippen LogP contribution < -0.4 is 16.2 Å². The molecule has 0 fully saturated rings. The van der Waals surface area contributed by atoms with Crippen molar-refractivity contribution < 1.29 is 4.92 Å². The van der Waals surface area contributed by atoms with Gasteiger partial charge >= 0.3 is 0 Å². The first-order chi connectivity index (χ1) is 8.58. The highest BCUT2D eigenvalue weighted by atomic mass is 16.6. The Kier molecular flexibility index (Phi) is 5.31. The lowest BCUT2D eigenvalue weighted by molar-refractivity contribution is -0.384. The minimum Gasteiger partial charge on any atom is -0.359 e. The third-order valence-corrected chi connectivity index (χ3v) is 2.64. The summed E-state index contributed by atoms with van der Waals surface area (Å²) in [4.78, 5) is 16.4. The Morgan fingerprint density at radius 3 is 2.78 bits per heavy atom. The van der Waals surface area contributed by atoms with Crippen molar-refractivity contribution >= 4 is 17.3 Å². The summed E-state index contributed by atoms with van der Waals surface area (Å²) in [5.74, 6) is 6.10. The third-order valence-electron chi connectivity index (χ3n) is 2.64. The second-order valence-electron chi connectivity index (χ2n) is 4.10. The Labute approximate surface area is 106 Å². The van der Waals surface area contributed by atoms with Gasteiger partial charge in [0, 0.05) is 13.6 Å². The van der Waals surface area contributed by atoms with Crippen LogP contribution in [0.2, 0.25) is 0 Å². The van der Waals surface area contributed by atoms with Crippen LogP contribution in [0.25, 0.3) is 0 Å². The summed E-state index contributed by atoms with van der Waals surface area (Å²) in [6.45, 7) is 2.94. The molecule has 0 atom stereocenters. The molecule has 0 aliphatic carbocycles. The number of unbranched alkanes of at least 4 members (excludes halogenated alkanes) is 2. The van der Waals surface area contributed by atoms with Crippen LogP contribution in [0, 0.1) is 10.1 Å². The summed E-state index contributed by atoms with van der Waals surface area (Å²) in [7, 11) is 1.86. The molecule has 7 nitrogen and oxygen atoms in total. The second kappa shape index (κ2) is 6.75. The largest absolute Gasteiger partial charge is 0.359 e. The number of hydrazine groups is 1. The number of rotatable bonds is 7. The van der Waals surface area contributed by atoms with Gasteiger partial charge in [0.1, 0.15) is 11.6 Å². The molecule has 7 heteroatoms. The van der Waals surface area contributed by atoms with Crippen molar-refractivity contribution in [3.05, 3.63) is 22.2 Å². The van der Waals surface area contributed by atoms with Gasteiger partial charge in [0.25, 0.3) is 5.69 Å². The molecule has 3 N–H and O–H groups in total. The van der Waals surface area contributed by atoms with Gasteiger partial charge in [-0.3, -0.25) is 10.1 Å². The fourth-order valence-corrected chi connectivity index (χ4v) is 1.59. The van der Waals surface area contributed by atoms with E-state index in [0.29, 0.717) is 11.6 Å². The molecule has 100 valence electrons. The number of nitrogens with two attached hydrogens (primary N) is 1. The van der Waals surface area contributed by atoms with E-state index < -0.39 is 4.92 Å².